The Morgan fingerprint density at radius 3 is 1.74 bits per heavy atom. The molecule has 1 aliphatic heterocycles. The first kappa shape index (κ1) is 24.0. The molecule has 3 nitrogen and oxygen atoms in total. The van der Waals surface area contributed by atoms with Crippen LogP contribution >= 0.6 is 0 Å². The van der Waals surface area contributed by atoms with Gasteiger partial charge in [0.25, 0.3) is 0 Å². The molecule has 0 N–H and O–H groups in total. The van der Waals surface area contributed by atoms with Gasteiger partial charge in [0.2, 0.25) is 0 Å². The molecular weight excluding hydrogens is 462 g/mol. The quantitative estimate of drug-likeness (QED) is 0.215. The zero-order valence-corrected chi connectivity index (χ0v) is 21.6. The van der Waals surface area contributed by atoms with Gasteiger partial charge in [0.15, 0.2) is 0 Å². The van der Waals surface area contributed by atoms with Crippen LogP contribution in [0.5, 0.6) is 0 Å². The van der Waals surface area contributed by atoms with Crippen LogP contribution < -0.4 is 4.90 Å². The lowest BCUT2D eigenvalue weighted by molar-refractivity contribution is 0.514. The average Bonchev–Trinajstić information content (AvgIpc) is 3.48. The van der Waals surface area contributed by atoms with Crippen LogP contribution in [0.1, 0.15) is 41.6 Å². The smallest absolute Gasteiger partial charge is 0.121 e. The molecule has 188 valence electrons. The summed E-state index contributed by atoms with van der Waals surface area (Å²) in [4.78, 5) is 7.43. The van der Waals surface area contributed by atoms with Gasteiger partial charge in [0.05, 0.1) is 12.0 Å². The molecule has 1 saturated heterocycles. The molecule has 38 heavy (non-hydrogen) atoms. The van der Waals surface area contributed by atoms with Crippen molar-refractivity contribution < 1.29 is 0 Å². The van der Waals surface area contributed by atoms with Gasteiger partial charge >= 0.3 is 0 Å². The van der Waals surface area contributed by atoms with E-state index in [1.165, 1.54) is 35.2 Å². The minimum atomic E-state index is -0.538. The van der Waals surface area contributed by atoms with Gasteiger partial charge in [-0.3, -0.25) is 0 Å². The van der Waals surface area contributed by atoms with Crippen molar-refractivity contribution in [3.63, 3.8) is 0 Å². The Hall–Kier alpha value is -4.37. The normalized spacial score (nSPS) is 16.1. The van der Waals surface area contributed by atoms with Gasteiger partial charge in [-0.05, 0) is 54.2 Å². The van der Waals surface area contributed by atoms with Crippen LogP contribution in [0.4, 0.5) is 5.69 Å². The summed E-state index contributed by atoms with van der Waals surface area (Å²) in [5.74, 6) is 0. The number of para-hydroxylation sites is 1. The first-order chi connectivity index (χ1) is 18.9. The number of imidazole rings is 1. The van der Waals surface area contributed by atoms with Crippen molar-refractivity contribution in [2.45, 2.75) is 30.8 Å². The third kappa shape index (κ3) is 4.56. The van der Waals surface area contributed by atoms with E-state index in [0.717, 1.165) is 18.7 Å². The topological polar surface area (TPSA) is 21.1 Å². The second-order valence-corrected chi connectivity index (χ2v) is 9.97. The SMILES string of the molecule is C(=CC1CCCCN1c1ccccc1)c1cn(C(c2ccccc2)(c2ccccc2)c2ccccc2)cn1. The second-order valence-electron chi connectivity index (χ2n) is 9.97. The Labute approximate surface area is 225 Å². The summed E-state index contributed by atoms with van der Waals surface area (Å²) in [6, 6.07) is 43.4. The van der Waals surface area contributed by atoms with Crippen LogP contribution in [0.3, 0.4) is 0 Å². The number of benzene rings is 4. The number of piperidine rings is 1. The van der Waals surface area contributed by atoms with Crippen molar-refractivity contribution in [2.75, 3.05) is 11.4 Å². The molecule has 0 radical (unpaired) electrons. The van der Waals surface area contributed by atoms with Gasteiger partial charge in [0.1, 0.15) is 5.54 Å². The lowest BCUT2D eigenvalue weighted by Gasteiger charge is -2.37. The van der Waals surface area contributed by atoms with Crippen LogP contribution in [0.25, 0.3) is 6.08 Å². The van der Waals surface area contributed by atoms with Gasteiger partial charge in [-0.1, -0.05) is 115 Å². The molecule has 1 unspecified atom stereocenters. The van der Waals surface area contributed by atoms with Crippen LogP contribution in [-0.4, -0.2) is 22.1 Å². The predicted octanol–water partition coefficient (Wildman–Crippen LogP) is 7.80. The summed E-state index contributed by atoms with van der Waals surface area (Å²) < 4.78 is 2.28. The molecule has 1 aromatic heterocycles. The minimum Gasteiger partial charge on any atom is -0.365 e. The molecule has 6 rings (SSSR count). The Balaban J connectivity index is 1.42. The van der Waals surface area contributed by atoms with Crippen LogP contribution in [-0.2, 0) is 5.54 Å². The molecule has 0 aliphatic carbocycles. The van der Waals surface area contributed by atoms with Crippen LogP contribution in [0, 0.1) is 0 Å². The summed E-state index contributed by atoms with van der Waals surface area (Å²) in [6.45, 7) is 1.09. The van der Waals surface area contributed by atoms with Gasteiger partial charge in [-0.25, -0.2) is 4.98 Å². The van der Waals surface area contributed by atoms with E-state index in [1.54, 1.807) is 0 Å². The molecule has 0 amide bonds. The van der Waals surface area contributed by atoms with Crippen molar-refractivity contribution in [1.29, 1.82) is 0 Å². The van der Waals surface area contributed by atoms with Crippen molar-refractivity contribution >= 4 is 11.8 Å². The van der Waals surface area contributed by atoms with E-state index in [1.807, 2.05) is 6.33 Å². The lowest BCUT2D eigenvalue weighted by Crippen LogP contribution is -2.38. The van der Waals surface area contributed by atoms with E-state index < -0.39 is 5.54 Å². The Morgan fingerprint density at radius 2 is 1.18 bits per heavy atom. The number of anilines is 1. The number of hydrogen-bond donors (Lipinski definition) is 0. The van der Waals surface area contributed by atoms with Crippen LogP contribution in [0.15, 0.2) is 140 Å². The molecule has 2 heterocycles. The second kappa shape index (κ2) is 10.9. The largest absolute Gasteiger partial charge is 0.365 e. The fourth-order valence-electron chi connectivity index (χ4n) is 5.90. The minimum absolute atomic E-state index is 0.374. The highest BCUT2D eigenvalue weighted by atomic mass is 15.2. The zero-order valence-electron chi connectivity index (χ0n) is 21.6. The van der Waals surface area contributed by atoms with Crippen molar-refractivity contribution in [2.24, 2.45) is 0 Å². The number of aromatic nitrogens is 2. The third-order valence-corrected chi connectivity index (χ3v) is 7.69. The molecule has 0 saturated carbocycles. The van der Waals surface area contributed by atoms with E-state index >= 15 is 0 Å². The van der Waals surface area contributed by atoms with E-state index in [-0.39, 0.29) is 0 Å². The fourth-order valence-corrected chi connectivity index (χ4v) is 5.90. The van der Waals surface area contributed by atoms with Gasteiger partial charge in [-0.2, -0.15) is 0 Å². The van der Waals surface area contributed by atoms with Gasteiger partial charge in [-0.15, -0.1) is 0 Å². The number of hydrogen-bond acceptors (Lipinski definition) is 2. The number of nitrogens with zero attached hydrogens (tertiary/aromatic N) is 3. The first-order valence-corrected chi connectivity index (χ1v) is 13.6. The zero-order chi connectivity index (χ0) is 25.6. The first-order valence-electron chi connectivity index (χ1n) is 13.6. The van der Waals surface area contributed by atoms with E-state index in [4.69, 9.17) is 4.98 Å². The molecule has 1 aliphatic rings. The van der Waals surface area contributed by atoms with Crippen LogP contribution in [0.2, 0.25) is 0 Å². The van der Waals surface area contributed by atoms with Crippen molar-refractivity contribution in [3.05, 3.63) is 162 Å². The molecular formula is C35H33N3. The maximum atomic E-state index is 4.90. The highest BCUT2D eigenvalue weighted by Crippen LogP contribution is 2.40. The molecule has 0 bridgehead atoms. The highest BCUT2D eigenvalue weighted by Gasteiger charge is 2.38. The summed E-state index contributed by atoms with van der Waals surface area (Å²) >= 11 is 0. The Bertz CT molecular complexity index is 1360. The summed E-state index contributed by atoms with van der Waals surface area (Å²) in [5.41, 5.74) is 5.33. The monoisotopic (exact) mass is 495 g/mol. The molecule has 5 aromatic rings. The number of rotatable bonds is 7. The highest BCUT2D eigenvalue weighted by molar-refractivity contribution is 5.54. The molecule has 4 aromatic carbocycles. The summed E-state index contributed by atoms with van der Waals surface area (Å²) in [5, 5.41) is 0. The predicted molar refractivity (Wildman–Crippen MR) is 157 cm³/mol. The lowest BCUT2D eigenvalue weighted by atomic mass is 9.77. The van der Waals surface area contributed by atoms with E-state index in [9.17, 15) is 0 Å². The maximum absolute atomic E-state index is 4.90. The van der Waals surface area contributed by atoms with E-state index in [2.05, 4.69) is 149 Å². The van der Waals surface area contributed by atoms with Crippen molar-refractivity contribution in [1.82, 2.24) is 9.55 Å². The molecule has 1 atom stereocenters. The van der Waals surface area contributed by atoms with E-state index in [0.29, 0.717) is 6.04 Å². The average molecular weight is 496 g/mol. The summed E-state index contributed by atoms with van der Waals surface area (Å²) in [6.07, 6.45) is 12.4. The molecule has 3 heteroatoms. The Kier molecular flexibility index (Phi) is 6.91. The molecule has 0 spiro atoms. The van der Waals surface area contributed by atoms with Crippen molar-refractivity contribution in [3.8, 4) is 0 Å². The van der Waals surface area contributed by atoms with Gasteiger partial charge in [0, 0.05) is 24.5 Å². The maximum Gasteiger partial charge on any atom is 0.121 e. The third-order valence-electron chi connectivity index (χ3n) is 7.69. The Morgan fingerprint density at radius 1 is 0.658 bits per heavy atom. The fraction of sp³-hybridized carbons (Fsp3) is 0.171. The standard InChI is InChI=1S/C35H33N3/c1-5-15-29(16-6-1)35(30-17-7-2-8-18-30,31-19-9-3-10-20-31)37-27-32(36-28-37)24-25-34-23-13-14-26-38(34)33-21-11-4-12-22-33/h1-12,15-22,24-25,27-28,34H,13-14,23,26H2. The van der Waals surface area contributed by atoms with Gasteiger partial charge < -0.3 is 9.47 Å². The molecule has 1 fully saturated rings. The summed E-state index contributed by atoms with van der Waals surface area (Å²) in [7, 11) is 0.